The molecule has 0 bridgehead atoms. The summed E-state index contributed by atoms with van der Waals surface area (Å²) in [7, 11) is 1.74. The molecule has 2 rings (SSSR count). The maximum Gasteiger partial charge on any atom is 0.221 e. The molecule has 150 valence electrons. The quantitative estimate of drug-likeness (QED) is 0.462. The van der Waals surface area contributed by atoms with E-state index in [0.29, 0.717) is 25.5 Å². The number of amides is 1. The molecule has 5 heteroatoms. The molecule has 0 saturated carbocycles. The van der Waals surface area contributed by atoms with Crippen LogP contribution in [-0.4, -0.2) is 38.0 Å². The fraction of sp³-hybridized carbons (Fsp3) is 0.391. The first-order chi connectivity index (χ1) is 13.6. The Morgan fingerprint density at radius 3 is 2.04 bits per heavy atom. The second-order valence-corrected chi connectivity index (χ2v) is 6.88. The van der Waals surface area contributed by atoms with Crippen LogP contribution in [0.5, 0.6) is 0 Å². The van der Waals surface area contributed by atoms with Crippen molar-refractivity contribution in [1.29, 1.82) is 0 Å². The van der Waals surface area contributed by atoms with Crippen molar-refractivity contribution in [3.63, 3.8) is 0 Å². The monoisotopic (exact) mass is 380 g/mol. The van der Waals surface area contributed by atoms with Crippen molar-refractivity contribution in [2.75, 3.05) is 20.1 Å². The third-order valence-electron chi connectivity index (χ3n) is 4.77. The van der Waals surface area contributed by atoms with Crippen LogP contribution in [-0.2, 0) is 4.79 Å². The van der Waals surface area contributed by atoms with E-state index in [0.717, 1.165) is 6.42 Å². The number of hydrogen-bond donors (Lipinski definition) is 3. The Kier molecular flexibility index (Phi) is 9.05. The predicted molar refractivity (Wildman–Crippen MR) is 117 cm³/mol. The standard InChI is InChI=1S/C23H32N4O/c1-4-18(2)27-22(28)15-16-25-23(24-3)26-17-21(19-11-7-5-8-12-19)20-13-9-6-10-14-20/h5-14,18,21H,4,15-17H2,1-3H3,(H,27,28)(H2,24,25,26). The number of benzene rings is 2. The van der Waals surface area contributed by atoms with Crippen LogP contribution < -0.4 is 16.0 Å². The van der Waals surface area contributed by atoms with Gasteiger partial charge in [-0.3, -0.25) is 9.79 Å². The average molecular weight is 381 g/mol. The Morgan fingerprint density at radius 1 is 0.964 bits per heavy atom. The highest BCUT2D eigenvalue weighted by molar-refractivity contribution is 5.81. The molecular weight excluding hydrogens is 348 g/mol. The SMILES string of the molecule is CCC(C)NC(=O)CCNC(=NC)NCC(c1ccccc1)c1ccccc1. The smallest absolute Gasteiger partial charge is 0.221 e. The summed E-state index contributed by atoms with van der Waals surface area (Å²) in [6, 6.07) is 21.1. The zero-order chi connectivity index (χ0) is 20.2. The van der Waals surface area contributed by atoms with Gasteiger partial charge in [-0.2, -0.15) is 0 Å². The van der Waals surface area contributed by atoms with Gasteiger partial charge < -0.3 is 16.0 Å². The molecule has 0 saturated heterocycles. The number of hydrogen-bond acceptors (Lipinski definition) is 2. The minimum absolute atomic E-state index is 0.0590. The molecule has 0 heterocycles. The van der Waals surface area contributed by atoms with E-state index in [1.54, 1.807) is 7.05 Å². The molecule has 5 nitrogen and oxygen atoms in total. The molecule has 2 aromatic carbocycles. The molecule has 0 aliphatic rings. The second kappa shape index (κ2) is 11.8. The topological polar surface area (TPSA) is 65.5 Å². The number of nitrogens with zero attached hydrogens (tertiary/aromatic N) is 1. The summed E-state index contributed by atoms with van der Waals surface area (Å²) in [5, 5.41) is 9.60. The average Bonchev–Trinajstić information content (AvgIpc) is 2.74. The number of guanidine groups is 1. The summed E-state index contributed by atoms with van der Waals surface area (Å²) in [5.74, 6) is 0.978. The summed E-state index contributed by atoms with van der Waals surface area (Å²) in [5.41, 5.74) is 2.51. The van der Waals surface area contributed by atoms with E-state index in [4.69, 9.17) is 0 Å². The molecule has 0 fully saturated rings. The molecule has 28 heavy (non-hydrogen) atoms. The van der Waals surface area contributed by atoms with Crippen LogP contribution >= 0.6 is 0 Å². The third kappa shape index (κ3) is 7.06. The number of rotatable bonds is 9. The fourth-order valence-electron chi connectivity index (χ4n) is 2.96. The van der Waals surface area contributed by atoms with Crippen LogP contribution in [0.4, 0.5) is 0 Å². The van der Waals surface area contributed by atoms with Crippen molar-refractivity contribution in [2.45, 2.75) is 38.6 Å². The number of carbonyl (C=O) groups excluding carboxylic acids is 1. The predicted octanol–water partition coefficient (Wildman–Crippen LogP) is 3.29. The third-order valence-corrected chi connectivity index (χ3v) is 4.77. The van der Waals surface area contributed by atoms with Crippen LogP contribution in [0.15, 0.2) is 65.7 Å². The van der Waals surface area contributed by atoms with E-state index >= 15 is 0 Å². The van der Waals surface area contributed by atoms with Crippen molar-refractivity contribution < 1.29 is 4.79 Å². The lowest BCUT2D eigenvalue weighted by molar-refractivity contribution is -0.121. The Morgan fingerprint density at radius 2 is 1.54 bits per heavy atom. The van der Waals surface area contributed by atoms with E-state index in [9.17, 15) is 4.79 Å². The Hall–Kier alpha value is -2.82. The van der Waals surface area contributed by atoms with Crippen LogP contribution in [0.2, 0.25) is 0 Å². The van der Waals surface area contributed by atoms with Gasteiger partial charge >= 0.3 is 0 Å². The van der Waals surface area contributed by atoms with Gasteiger partial charge in [0.1, 0.15) is 0 Å². The van der Waals surface area contributed by atoms with Crippen LogP contribution in [0.3, 0.4) is 0 Å². The molecule has 0 aromatic heterocycles. The zero-order valence-electron chi connectivity index (χ0n) is 17.1. The molecule has 0 radical (unpaired) electrons. The van der Waals surface area contributed by atoms with Crippen LogP contribution in [0.1, 0.15) is 43.7 Å². The first-order valence-corrected chi connectivity index (χ1v) is 9.97. The van der Waals surface area contributed by atoms with E-state index in [1.807, 2.05) is 19.1 Å². The van der Waals surface area contributed by atoms with Gasteiger partial charge in [-0.25, -0.2) is 0 Å². The van der Waals surface area contributed by atoms with Gasteiger partial charge in [0.25, 0.3) is 0 Å². The molecular formula is C23H32N4O. The van der Waals surface area contributed by atoms with E-state index in [2.05, 4.69) is 76.4 Å². The van der Waals surface area contributed by atoms with Gasteiger partial charge in [0, 0.05) is 38.5 Å². The van der Waals surface area contributed by atoms with Crippen LogP contribution in [0, 0.1) is 0 Å². The highest BCUT2D eigenvalue weighted by atomic mass is 16.1. The second-order valence-electron chi connectivity index (χ2n) is 6.88. The van der Waals surface area contributed by atoms with Crippen molar-refractivity contribution in [2.24, 2.45) is 4.99 Å². The van der Waals surface area contributed by atoms with Gasteiger partial charge in [0.2, 0.25) is 5.91 Å². The van der Waals surface area contributed by atoms with Crippen molar-refractivity contribution in [1.82, 2.24) is 16.0 Å². The number of nitrogens with one attached hydrogen (secondary N) is 3. The van der Waals surface area contributed by atoms with E-state index in [-0.39, 0.29) is 17.9 Å². The van der Waals surface area contributed by atoms with Gasteiger partial charge in [0.15, 0.2) is 5.96 Å². The molecule has 0 aliphatic carbocycles. The lowest BCUT2D eigenvalue weighted by Crippen LogP contribution is -2.41. The Bertz CT molecular complexity index is 691. The number of aliphatic imine (C=N–C) groups is 1. The summed E-state index contributed by atoms with van der Waals surface area (Å²) < 4.78 is 0. The van der Waals surface area contributed by atoms with Gasteiger partial charge in [-0.15, -0.1) is 0 Å². The Balaban J connectivity index is 1.91. The summed E-state index contributed by atoms with van der Waals surface area (Å²) in [6.45, 7) is 5.33. The summed E-state index contributed by atoms with van der Waals surface area (Å²) in [6.07, 6.45) is 1.36. The first kappa shape index (κ1) is 21.5. The zero-order valence-corrected chi connectivity index (χ0v) is 17.1. The maximum atomic E-state index is 11.9. The van der Waals surface area contributed by atoms with Crippen molar-refractivity contribution in [3.05, 3.63) is 71.8 Å². The van der Waals surface area contributed by atoms with Gasteiger partial charge in [0.05, 0.1) is 0 Å². The van der Waals surface area contributed by atoms with E-state index in [1.165, 1.54) is 11.1 Å². The van der Waals surface area contributed by atoms with Gasteiger partial charge in [-0.05, 0) is 24.5 Å². The number of carbonyl (C=O) groups is 1. The minimum atomic E-state index is 0.0590. The lowest BCUT2D eigenvalue weighted by Gasteiger charge is -2.20. The minimum Gasteiger partial charge on any atom is -0.356 e. The molecule has 3 N–H and O–H groups in total. The summed E-state index contributed by atoms with van der Waals surface area (Å²) >= 11 is 0. The van der Waals surface area contributed by atoms with Crippen LogP contribution in [0.25, 0.3) is 0 Å². The normalized spacial score (nSPS) is 12.5. The first-order valence-electron chi connectivity index (χ1n) is 9.97. The molecule has 1 atom stereocenters. The Labute approximate surface area is 168 Å². The van der Waals surface area contributed by atoms with E-state index < -0.39 is 0 Å². The molecule has 1 amide bonds. The van der Waals surface area contributed by atoms with Crippen molar-refractivity contribution in [3.8, 4) is 0 Å². The maximum absolute atomic E-state index is 11.9. The van der Waals surface area contributed by atoms with Gasteiger partial charge in [-0.1, -0.05) is 67.6 Å². The molecule has 1 unspecified atom stereocenters. The molecule has 0 aliphatic heterocycles. The largest absolute Gasteiger partial charge is 0.356 e. The van der Waals surface area contributed by atoms with Crippen molar-refractivity contribution >= 4 is 11.9 Å². The highest BCUT2D eigenvalue weighted by Gasteiger charge is 2.14. The molecule has 0 spiro atoms. The molecule has 2 aromatic rings. The fourth-order valence-corrected chi connectivity index (χ4v) is 2.96. The lowest BCUT2D eigenvalue weighted by atomic mass is 9.91. The summed E-state index contributed by atoms with van der Waals surface area (Å²) in [4.78, 5) is 16.2. The highest BCUT2D eigenvalue weighted by Crippen LogP contribution is 2.23.